The Morgan fingerprint density at radius 2 is 1.35 bits per heavy atom. The third kappa shape index (κ3) is 1.76. The maximum absolute atomic E-state index is 6.32. The molecule has 0 spiro atoms. The molecule has 0 bridgehead atoms. The van der Waals surface area contributed by atoms with Gasteiger partial charge in [-0.05, 0) is 41.5 Å². The van der Waals surface area contributed by atoms with Gasteiger partial charge in [0.1, 0.15) is 0 Å². The molecule has 0 saturated carbocycles. The highest BCUT2D eigenvalue weighted by atomic mass is 16.5. The maximum atomic E-state index is 6.32. The van der Waals surface area contributed by atoms with Crippen LogP contribution in [0.4, 0.5) is 0 Å². The highest BCUT2D eigenvalue weighted by Gasteiger charge is 2.24. The van der Waals surface area contributed by atoms with Crippen molar-refractivity contribution in [2.75, 3.05) is 0 Å². The van der Waals surface area contributed by atoms with E-state index in [2.05, 4.69) is 77.4 Å². The SMILES string of the molecule is c1ccc(-c2cc3c4c(c2)c2ccccc2n4-c2ccccc2O3)cc1. The molecule has 0 unspecified atom stereocenters. The van der Waals surface area contributed by atoms with Crippen molar-refractivity contribution in [3.8, 4) is 28.3 Å². The van der Waals surface area contributed by atoms with Crippen LogP contribution in [-0.2, 0) is 0 Å². The van der Waals surface area contributed by atoms with Crippen LogP contribution in [0.3, 0.4) is 0 Å². The molecule has 2 heteroatoms. The number of rotatable bonds is 1. The summed E-state index contributed by atoms with van der Waals surface area (Å²) in [7, 11) is 0. The second kappa shape index (κ2) is 4.99. The van der Waals surface area contributed by atoms with Gasteiger partial charge in [-0.25, -0.2) is 0 Å². The summed E-state index contributed by atoms with van der Waals surface area (Å²) in [5.74, 6) is 1.81. The smallest absolute Gasteiger partial charge is 0.152 e. The van der Waals surface area contributed by atoms with Gasteiger partial charge in [-0.1, -0.05) is 60.7 Å². The second-order valence-corrected chi connectivity index (χ2v) is 6.66. The second-order valence-electron chi connectivity index (χ2n) is 6.66. The number of benzene rings is 4. The van der Waals surface area contributed by atoms with Crippen LogP contribution >= 0.6 is 0 Å². The van der Waals surface area contributed by atoms with Crippen molar-refractivity contribution in [1.29, 1.82) is 0 Å². The molecular weight excluding hydrogens is 318 g/mol. The van der Waals surface area contributed by atoms with Gasteiger partial charge in [-0.2, -0.15) is 0 Å². The average Bonchev–Trinajstić information content (AvgIpc) is 3.05. The van der Waals surface area contributed by atoms with E-state index in [1.807, 2.05) is 18.2 Å². The number of para-hydroxylation sites is 3. The van der Waals surface area contributed by atoms with Crippen molar-refractivity contribution in [2.45, 2.75) is 0 Å². The molecule has 0 saturated heterocycles. The summed E-state index contributed by atoms with van der Waals surface area (Å²) in [6.07, 6.45) is 0. The molecule has 6 rings (SSSR count). The fourth-order valence-corrected chi connectivity index (χ4v) is 4.03. The summed E-state index contributed by atoms with van der Waals surface area (Å²) in [6, 6.07) is 31.7. The highest BCUT2D eigenvalue weighted by Crippen LogP contribution is 2.46. The van der Waals surface area contributed by atoms with E-state index >= 15 is 0 Å². The predicted octanol–water partition coefficient (Wildman–Crippen LogP) is 6.56. The molecule has 1 aliphatic rings. The molecular formula is C24H15NO. The fourth-order valence-electron chi connectivity index (χ4n) is 4.03. The van der Waals surface area contributed by atoms with Crippen molar-refractivity contribution in [2.24, 2.45) is 0 Å². The Labute approximate surface area is 150 Å². The standard InChI is InChI=1S/C24H15NO/c1-2-8-16(9-3-1)17-14-19-18-10-4-5-11-20(18)25-21-12-6-7-13-22(21)26-23(15-17)24(19)25/h1-15H. The number of fused-ring (bicyclic) bond motifs is 5. The van der Waals surface area contributed by atoms with E-state index < -0.39 is 0 Å². The number of hydrogen-bond donors (Lipinski definition) is 0. The molecule has 0 aliphatic carbocycles. The third-order valence-electron chi connectivity index (χ3n) is 5.17. The zero-order valence-electron chi connectivity index (χ0n) is 14.0. The van der Waals surface area contributed by atoms with Gasteiger partial charge in [0, 0.05) is 10.8 Å². The lowest BCUT2D eigenvalue weighted by molar-refractivity contribution is 0.476. The van der Waals surface area contributed by atoms with E-state index in [9.17, 15) is 0 Å². The van der Waals surface area contributed by atoms with Gasteiger partial charge in [0.05, 0.1) is 16.7 Å². The quantitative estimate of drug-likeness (QED) is 0.332. The minimum absolute atomic E-state index is 0.896. The van der Waals surface area contributed by atoms with Gasteiger partial charge in [0.2, 0.25) is 0 Å². The number of ether oxygens (including phenoxy) is 1. The maximum Gasteiger partial charge on any atom is 0.152 e. The van der Waals surface area contributed by atoms with E-state index in [4.69, 9.17) is 4.74 Å². The Balaban J connectivity index is 1.80. The molecule has 2 nitrogen and oxygen atoms in total. The van der Waals surface area contributed by atoms with Gasteiger partial charge >= 0.3 is 0 Å². The fraction of sp³-hybridized carbons (Fsp3) is 0. The molecule has 0 radical (unpaired) electrons. The summed E-state index contributed by atoms with van der Waals surface area (Å²) in [5.41, 5.74) is 5.83. The zero-order chi connectivity index (χ0) is 17.1. The van der Waals surface area contributed by atoms with E-state index in [0.717, 1.165) is 22.7 Å². The van der Waals surface area contributed by atoms with Crippen molar-refractivity contribution >= 4 is 21.8 Å². The average molecular weight is 333 g/mol. The lowest BCUT2D eigenvalue weighted by Crippen LogP contribution is -2.03. The Morgan fingerprint density at radius 3 is 2.27 bits per heavy atom. The first kappa shape index (κ1) is 13.7. The first-order valence-electron chi connectivity index (χ1n) is 8.80. The van der Waals surface area contributed by atoms with Crippen molar-refractivity contribution in [3.63, 3.8) is 0 Å². The highest BCUT2D eigenvalue weighted by molar-refractivity contribution is 6.13. The van der Waals surface area contributed by atoms with E-state index in [1.165, 1.54) is 27.4 Å². The first-order valence-corrected chi connectivity index (χ1v) is 8.80. The topological polar surface area (TPSA) is 14.2 Å². The molecule has 2 heterocycles. The lowest BCUT2D eigenvalue weighted by Gasteiger charge is -2.21. The molecule has 0 N–H and O–H groups in total. The van der Waals surface area contributed by atoms with Crippen LogP contribution in [0.2, 0.25) is 0 Å². The van der Waals surface area contributed by atoms with Crippen LogP contribution in [0.1, 0.15) is 0 Å². The summed E-state index contributed by atoms with van der Waals surface area (Å²) >= 11 is 0. The van der Waals surface area contributed by atoms with Gasteiger partial charge < -0.3 is 9.30 Å². The van der Waals surface area contributed by atoms with Crippen LogP contribution < -0.4 is 4.74 Å². The molecule has 1 aliphatic heterocycles. The molecule has 4 aromatic carbocycles. The molecule has 26 heavy (non-hydrogen) atoms. The third-order valence-corrected chi connectivity index (χ3v) is 5.17. The Bertz CT molecular complexity index is 1300. The summed E-state index contributed by atoms with van der Waals surface area (Å²) in [5, 5.41) is 2.48. The Hall–Kier alpha value is -3.52. The van der Waals surface area contributed by atoms with Crippen LogP contribution in [0.25, 0.3) is 38.6 Å². The summed E-state index contributed by atoms with van der Waals surface area (Å²) < 4.78 is 8.65. The largest absolute Gasteiger partial charge is 0.453 e. The number of aromatic nitrogens is 1. The van der Waals surface area contributed by atoms with Gasteiger partial charge in [0.15, 0.2) is 11.5 Å². The normalized spacial score (nSPS) is 12.2. The van der Waals surface area contributed by atoms with E-state index in [-0.39, 0.29) is 0 Å². The molecule has 0 atom stereocenters. The van der Waals surface area contributed by atoms with Gasteiger partial charge in [0.25, 0.3) is 0 Å². The summed E-state index contributed by atoms with van der Waals surface area (Å²) in [6.45, 7) is 0. The molecule has 122 valence electrons. The Kier molecular flexibility index (Phi) is 2.64. The number of nitrogens with zero attached hydrogens (tertiary/aromatic N) is 1. The Morgan fingerprint density at radius 1 is 0.577 bits per heavy atom. The van der Waals surface area contributed by atoms with Crippen LogP contribution in [0.15, 0.2) is 91.0 Å². The number of hydrogen-bond acceptors (Lipinski definition) is 1. The van der Waals surface area contributed by atoms with Crippen molar-refractivity contribution in [1.82, 2.24) is 4.57 Å². The minimum Gasteiger partial charge on any atom is -0.453 e. The van der Waals surface area contributed by atoms with Crippen LogP contribution in [0.5, 0.6) is 11.5 Å². The molecule has 1 aromatic heterocycles. The van der Waals surface area contributed by atoms with Crippen molar-refractivity contribution in [3.05, 3.63) is 91.0 Å². The first-order chi connectivity index (χ1) is 12.9. The van der Waals surface area contributed by atoms with Gasteiger partial charge in [-0.3, -0.25) is 0 Å². The molecule has 5 aromatic rings. The van der Waals surface area contributed by atoms with E-state index in [0.29, 0.717) is 0 Å². The predicted molar refractivity (Wildman–Crippen MR) is 106 cm³/mol. The van der Waals surface area contributed by atoms with E-state index in [1.54, 1.807) is 0 Å². The van der Waals surface area contributed by atoms with Gasteiger partial charge in [-0.15, -0.1) is 0 Å². The van der Waals surface area contributed by atoms with Crippen molar-refractivity contribution < 1.29 is 4.74 Å². The molecule has 0 amide bonds. The summed E-state index contributed by atoms with van der Waals surface area (Å²) in [4.78, 5) is 0. The minimum atomic E-state index is 0.896. The van der Waals surface area contributed by atoms with Crippen LogP contribution in [0, 0.1) is 0 Å². The lowest BCUT2D eigenvalue weighted by atomic mass is 10.0. The monoisotopic (exact) mass is 333 g/mol. The van der Waals surface area contributed by atoms with Crippen LogP contribution in [-0.4, -0.2) is 4.57 Å². The molecule has 0 fully saturated rings. The zero-order valence-corrected chi connectivity index (χ0v) is 14.0.